The first-order valence-electron chi connectivity index (χ1n) is 11.6. The van der Waals surface area contributed by atoms with E-state index in [1.54, 1.807) is 41.3 Å². The van der Waals surface area contributed by atoms with Gasteiger partial charge >= 0.3 is 0 Å². The SMILES string of the molecule is CS(=O)(=O)NCCCn1cc2c(-c3ccc(F)cc3)c(-c3ccncc3)c(-c3ccc(F)cc3)nc2n1. The molecule has 0 amide bonds. The van der Waals surface area contributed by atoms with E-state index < -0.39 is 10.0 Å². The number of benzene rings is 2. The van der Waals surface area contributed by atoms with Gasteiger partial charge in [-0.3, -0.25) is 9.67 Å². The minimum Gasteiger partial charge on any atom is -0.270 e. The van der Waals surface area contributed by atoms with Crippen molar-refractivity contribution in [3.05, 3.63) is 90.9 Å². The highest BCUT2D eigenvalue weighted by Crippen LogP contribution is 2.42. The third-order valence-corrected chi connectivity index (χ3v) is 6.59. The Morgan fingerprint density at radius 2 is 1.43 bits per heavy atom. The van der Waals surface area contributed by atoms with Crippen LogP contribution in [0.5, 0.6) is 0 Å². The molecule has 3 heterocycles. The van der Waals surface area contributed by atoms with Gasteiger partial charge in [-0.05, 0) is 66.1 Å². The number of aromatic nitrogens is 4. The van der Waals surface area contributed by atoms with Crippen LogP contribution in [0.25, 0.3) is 44.5 Å². The Hall–Kier alpha value is -4.02. The van der Waals surface area contributed by atoms with Crippen molar-refractivity contribution in [2.45, 2.75) is 13.0 Å². The fourth-order valence-electron chi connectivity index (χ4n) is 4.23. The van der Waals surface area contributed by atoms with Crippen LogP contribution in [-0.2, 0) is 16.6 Å². The van der Waals surface area contributed by atoms with Gasteiger partial charge in [0.15, 0.2) is 5.65 Å². The van der Waals surface area contributed by atoms with E-state index in [1.165, 1.54) is 24.3 Å². The Balaban J connectivity index is 1.73. The summed E-state index contributed by atoms with van der Waals surface area (Å²) < 4.78 is 54.6. The van der Waals surface area contributed by atoms with E-state index in [4.69, 9.17) is 4.98 Å². The molecule has 0 aliphatic rings. The number of hydrogen-bond acceptors (Lipinski definition) is 5. The summed E-state index contributed by atoms with van der Waals surface area (Å²) in [6.07, 6.45) is 6.86. The highest BCUT2D eigenvalue weighted by Gasteiger charge is 2.22. The number of fused-ring (bicyclic) bond motifs is 1. The Morgan fingerprint density at radius 1 is 0.838 bits per heavy atom. The van der Waals surface area contributed by atoms with Crippen molar-refractivity contribution in [3.8, 4) is 33.5 Å². The van der Waals surface area contributed by atoms with Crippen LogP contribution in [0.15, 0.2) is 79.3 Å². The molecule has 0 atom stereocenters. The van der Waals surface area contributed by atoms with Gasteiger partial charge < -0.3 is 0 Å². The van der Waals surface area contributed by atoms with Crippen molar-refractivity contribution < 1.29 is 17.2 Å². The Morgan fingerprint density at radius 3 is 2.05 bits per heavy atom. The Labute approximate surface area is 212 Å². The summed E-state index contributed by atoms with van der Waals surface area (Å²) in [4.78, 5) is 9.02. The number of rotatable bonds is 8. The van der Waals surface area contributed by atoms with Crippen LogP contribution < -0.4 is 4.72 Å². The average molecular weight is 520 g/mol. The highest BCUT2D eigenvalue weighted by molar-refractivity contribution is 7.88. The van der Waals surface area contributed by atoms with Gasteiger partial charge in [0.1, 0.15) is 11.6 Å². The zero-order chi connectivity index (χ0) is 26.0. The molecule has 0 fully saturated rings. The quantitative estimate of drug-likeness (QED) is 0.290. The normalized spacial score (nSPS) is 11.8. The predicted molar refractivity (Wildman–Crippen MR) is 139 cm³/mol. The minimum atomic E-state index is -3.28. The lowest BCUT2D eigenvalue weighted by Gasteiger charge is -2.16. The highest BCUT2D eigenvalue weighted by atomic mass is 32.2. The van der Waals surface area contributed by atoms with Crippen molar-refractivity contribution in [2.75, 3.05) is 12.8 Å². The fourth-order valence-corrected chi connectivity index (χ4v) is 4.75. The molecule has 5 rings (SSSR count). The van der Waals surface area contributed by atoms with Gasteiger partial charge in [-0.25, -0.2) is 26.9 Å². The molecule has 0 radical (unpaired) electrons. The molecule has 10 heteroatoms. The van der Waals surface area contributed by atoms with Crippen molar-refractivity contribution in [3.63, 3.8) is 0 Å². The van der Waals surface area contributed by atoms with Crippen LogP contribution in [0.4, 0.5) is 8.78 Å². The summed E-state index contributed by atoms with van der Waals surface area (Å²) >= 11 is 0. The number of nitrogens with zero attached hydrogens (tertiary/aromatic N) is 4. The van der Waals surface area contributed by atoms with Crippen molar-refractivity contribution in [1.82, 2.24) is 24.5 Å². The molecule has 0 saturated heterocycles. The topological polar surface area (TPSA) is 89.8 Å². The molecule has 37 heavy (non-hydrogen) atoms. The standard InChI is InChI=1S/C27H23F2N5O2S/c1-37(35,36)31-13-2-16-34-17-23-24(18-3-7-21(28)8-4-18)25(19-11-14-30-15-12-19)26(32-27(23)33-34)20-5-9-22(29)10-6-20/h3-12,14-15,17,31H,2,13,16H2,1H3. The van der Waals surface area contributed by atoms with Crippen LogP contribution in [0.2, 0.25) is 0 Å². The van der Waals surface area contributed by atoms with Crippen LogP contribution in [0.3, 0.4) is 0 Å². The molecule has 7 nitrogen and oxygen atoms in total. The molecule has 0 saturated carbocycles. The second-order valence-corrected chi connectivity index (χ2v) is 10.4. The molecule has 0 aliphatic heterocycles. The minimum absolute atomic E-state index is 0.274. The van der Waals surface area contributed by atoms with Crippen LogP contribution >= 0.6 is 0 Å². The van der Waals surface area contributed by atoms with Gasteiger partial charge in [-0.15, -0.1) is 0 Å². The van der Waals surface area contributed by atoms with Gasteiger partial charge in [-0.2, -0.15) is 5.10 Å². The molecular weight excluding hydrogens is 496 g/mol. The van der Waals surface area contributed by atoms with Gasteiger partial charge in [0, 0.05) is 53.8 Å². The average Bonchev–Trinajstić information content (AvgIpc) is 3.29. The predicted octanol–water partition coefficient (Wildman–Crippen LogP) is 5.04. The third kappa shape index (κ3) is 5.55. The van der Waals surface area contributed by atoms with Gasteiger partial charge in [-0.1, -0.05) is 12.1 Å². The first kappa shape index (κ1) is 24.7. The van der Waals surface area contributed by atoms with E-state index in [0.717, 1.165) is 33.9 Å². The number of sulfonamides is 1. The van der Waals surface area contributed by atoms with E-state index in [0.29, 0.717) is 29.9 Å². The van der Waals surface area contributed by atoms with Crippen molar-refractivity contribution in [1.29, 1.82) is 0 Å². The van der Waals surface area contributed by atoms with Gasteiger partial charge in [0.05, 0.1) is 11.9 Å². The largest absolute Gasteiger partial charge is 0.270 e. The van der Waals surface area contributed by atoms with Crippen LogP contribution in [0, 0.1) is 11.6 Å². The summed E-state index contributed by atoms with van der Waals surface area (Å²) in [5.41, 5.74) is 4.96. The summed E-state index contributed by atoms with van der Waals surface area (Å²) in [7, 11) is -3.28. The molecule has 0 bridgehead atoms. The number of halogens is 2. The number of nitrogens with one attached hydrogen (secondary N) is 1. The summed E-state index contributed by atoms with van der Waals surface area (Å²) in [6, 6.07) is 16.0. The lowest BCUT2D eigenvalue weighted by Crippen LogP contribution is -2.23. The number of aryl methyl sites for hydroxylation is 1. The van der Waals surface area contributed by atoms with E-state index >= 15 is 0 Å². The Bertz CT molecular complexity index is 1650. The lowest BCUT2D eigenvalue weighted by atomic mass is 9.90. The zero-order valence-electron chi connectivity index (χ0n) is 19.9. The molecule has 0 aliphatic carbocycles. The maximum absolute atomic E-state index is 13.9. The number of pyridine rings is 2. The first-order chi connectivity index (χ1) is 17.8. The van der Waals surface area contributed by atoms with Crippen LogP contribution in [0.1, 0.15) is 6.42 Å². The maximum atomic E-state index is 13.9. The van der Waals surface area contributed by atoms with E-state index in [9.17, 15) is 17.2 Å². The van der Waals surface area contributed by atoms with E-state index in [2.05, 4.69) is 14.8 Å². The van der Waals surface area contributed by atoms with E-state index in [1.807, 2.05) is 18.3 Å². The van der Waals surface area contributed by atoms with Gasteiger partial charge in [0.25, 0.3) is 0 Å². The molecule has 1 N–H and O–H groups in total. The van der Waals surface area contributed by atoms with Gasteiger partial charge in [0.2, 0.25) is 10.0 Å². The second-order valence-electron chi connectivity index (χ2n) is 8.61. The molecule has 0 spiro atoms. The molecule has 3 aromatic heterocycles. The monoisotopic (exact) mass is 519 g/mol. The second kappa shape index (κ2) is 10.2. The molecule has 5 aromatic rings. The molecule has 2 aromatic carbocycles. The Kier molecular flexibility index (Phi) is 6.77. The molecular formula is C27H23F2N5O2S. The van der Waals surface area contributed by atoms with Crippen LogP contribution in [-0.4, -0.2) is 41.0 Å². The van der Waals surface area contributed by atoms with Crippen molar-refractivity contribution in [2.24, 2.45) is 0 Å². The summed E-state index contributed by atoms with van der Waals surface area (Å²) in [5.74, 6) is -0.714. The molecule has 0 unspecified atom stereocenters. The number of hydrogen-bond donors (Lipinski definition) is 1. The van der Waals surface area contributed by atoms with Crippen molar-refractivity contribution >= 4 is 21.1 Å². The maximum Gasteiger partial charge on any atom is 0.208 e. The smallest absolute Gasteiger partial charge is 0.208 e. The lowest BCUT2D eigenvalue weighted by molar-refractivity contribution is 0.558. The molecule has 188 valence electrons. The zero-order valence-corrected chi connectivity index (χ0v) is 20.7. The first-order valence-corrected chi connectivity index (χ1v) is 13.5. The summed E-state index contributed by atoms with van der Waals surface area (Å²) in [5, 5.41) is 5.41. The van der Waals surface area contributed by atoms with E-state index in [-0.39, 0.29) is 18.2 Å². The fraction of sp³-hybridized carbons (Fsp3) is 0.148. The summed E-state index contributed by atoms with van der Waals surface area (Å²) in [6.45, 7) is 0.731. The third-order valence-electron chi connectivity index (χ3n) is 5.86.